The normalized spacial score (nSPS) is 14.4. The Balaban J connectivity index is 1.34. The van der Waals surface area contributed by atoms with E-state index in [1.165, 1.54) is 57.9 Å². The highest BCUT2D eigenvalue weighted by Crippen LogP contribution is 2.23. The fourth-order valence-corrected chi connectivity index (χ4v) is 5.56. The summed E-state index contributed by atoms with van der Waals surface area (Å²) in [6, 6.07) is 11.6. The minimum atomic E-state index is -3.62. The number of carbonyl (C=O) groups excluding carboxylic acids is 1. The number of hydrogen-bond acceptors (Lipinski definition) is 6. The van der Waals surface area contributed by atoms with E-state index < -0.39 is 27.3 Å². The van der Waals surface area contributed by atoms with Gasteiger partial charge in [0.05, 0.1) is 16.8 Å². The zero-order chi connectivity index (χ0) is 24.6. The number of carbonyl (C=O) groups is 1. The first-order valence-corrected chi connectivity index (χ1v) is 12.4. The molecular weight excluding hydrogens is 475 g/mol. The maximum absolute atomic E-state index is 13.2. The van der Waals surface area contributed by atoms with E-state index in [1.54, 1.807) is 12.1 Å². The van der Waals surface area contributed by atoms with Crippen molar-refractivity contribution in [2.75, 3.05) is 18.4 Å². The molecule has 1 aliphatic rings. The topological polar surface area (TPSA) is 119 Å². The third kappa shape index (κ3) is 4.45. The summed E-state index contributed by atoms with van der Waals surface area (Å²) in [6.07, 6.45) is 4.23. The van der Waals surface area contributed by atoms with E-state index in [0.29, 0.717) is 24.5 Å². The van der Waals surface area contributed by atoms with Crippen molar-refractivity contribution in [2.24, 2.45) is 0 Å². The summed E-state index contributed by atoms with van der Waals surface area (Å²) >= 11 is 0. The Morgan fingerprint density at radius 1 is 1.09 bits per heavy atom. The molecular formula is C23H21FN6O4S. The van der Waals surface area contributed by atoms with Crippen LogP contribution in [0.4, 0.5) is 10.1 Å². The van der Waals surface area contributed by atoms with Crippen molar-refractivity contribution in [3.05, 3.63) is 77.2 Å². The molecule has 0 unspecified atom stereocenters. The highest BCUT2D eigenvalue weighted by atomic mass is 32.2. The van der Waals surface area contributed by atoms with Gasteiger partial charge in [0, 0.05) is 18.8 Å². The smallest absolute Gasteiger partial charge is 0.264 e. The minimum absolute atomic E-state index is 0.102. The van der Waals surface area contributed by atoms with Gasteiger partial charge in [-0.05, 0) is 55.3 Å². The van der Waals surface area contributed by atoms with Crippen molar-refractivity contribution in [3.8, 4) is 5.69 Å². The predicted octanol–water partition coefficient (Wildman–Crippen LogP) is 2.14. The molecule has 2 aromatic heterocycles. The summed E-state index contributed by atoms with van der Waals surface area (Å²) in [6.45, 7) is 0.636. The molecule has 1 aliphatic heterocycles. The molecule has 2 aromatic carbocycles. The molecule has 1 fully saturated rings. The second-order valence-corrected chi connectivity index (χ2v) is 10.1. The summed E-state index contributed by atoms with van der Waals surface area (Å²) in [5.41, 5.74) is 0.649. The van der Waals surface area contributed by atoms with Gasteiger partial charge >= 0.3 is 0 Å². The second kappa shape index (κ2) is 9.04. The third-order valence-electron chi connectivity index (χ3n) is 5.76. The van der Waals surface area contributed by atoms with Gasteiger partial charge < -0.3 is 5.32 Å². The zero-order valence-electron chi connectivity index (χ0n) is 18.5. The van der Waals surface area contributed by atoms with Crippen molar-refractivity contribution in [1.82, 2.24) is 23.6 Å². The molecule has 0 saturated carbocycles. The van der Waals surface area contributed by atoms with Gasteiger partial charge in [-0.15, -0.1) is 0 Å². The molecule has 0 aliphatic carbocycles. The number of aromatic nitrogens is 4. The summed E-state index contributed by atoms with van der Waals surface area (Å²) in [5.74, 6) is -0.916. The molecule has 10 nitrogen and oxygen atoms in total. The first kappa shape index (κ1) is 22.9. The SMILES string of the molecule is O=C(Cn1cnc2c(cnn2-c2ccc(F)cc2)c1=O)Nc1cccc(S(=O)(=O)N2CCCC2)c1. The van der Waals surface area contributed by atoms with Crippen molar-refractivity contribution in [1.29, 1.82) is 0 Å². The molecule has 12 heteroatoms. The van der Waals surface area contributed by atoms with Crippen LogP contribution in [0.2, 0.25) is 0 Å². The van der Waals surface area contributed by atoms with Crippen LogP contribution in [0.1, 0.15) is 12.8 Å². The monoisotopic (exact) mass is 496 g/mol. The van der Waals surface area contributed by atoms with E-state index in [4.69, 9.17) is 0 Å². The lowest BCUT2D eigenvalue weighted by Gasteiger charge is -2.16. The van der Waals surface area contributed by atoms with Gasteiger partial charge in [0.1, 0.15) is 24.1 Å². The molecule has 1 amide bonds. The maximum Gasteiger partial charge on any atom is 0.264 e. The molecule has 0 radical (unpaired) electrons. The summed E-state index contributed by atoms with van der Waals surface area (Å²) in [5, 5.41) is 7.00. The van der Waals surface area contributed by atoms with Crippen LogP contribution in [0, 0.1) is 5.82 Å². The number of sulfonamides is 1. The molecule has 1 saturated heterocycles. The highest BCUT2D eigenvalue weighted by Gasteiger charge is 2.27. The van der Waals surface area contributed by atoms with Gasteiger partial charge in [-0.2, -0.15) is 9.40 Å². The van der Waals surface area contributed by atoms with Crippen LogP contribution in [0.3, 0.4) is 0 Å². The van der Waals surface area contributed by atoms with Crippen LogP contribution in [-0.2, 0) is 21.4 Å². The van der Waals surface area contributed by atoms with Crippen LogP contribution in [0.5, 0.6) is 0 Å². The summed E-state index contributed by atoms with van der Waals surface area (Å²) in [4.78, 5) is 29.9. The molecule has 0 atom stereocenters. The molecule has 0 spiro atoms. The van der Waals surface area contributed by atoms with Crippen LogP contribution in [-0.4, -0.2) is 51.1 Å². The Labute approximate surface area is 199 Å². The molecule has 0 bridgehead atoms. The van der Waals surface area contributed by atoms with Crippen LogP contribution in [0.15, 0.2) is 70.7 Å². The number of amides is 1. The average molecular weight is 497 g/mol. The van der Waals surface area contributed by atoms with E-state index in [1.807, 2.05) is 0 Å². The fourth-order valence-electron chi connectivity index (χ4n) is 4.00. The first-order valence-electron chi connectivity index (χ1n) is 10.9. The number of anilines is 1. The quantitative estimate of drug-likeness (QED) is 0.437. The molecule has 180 valence electrons. The number of hydrogen-bond donors (Lipinski definition) is 1. The Hall–Kier alpha value is -3.90. The zero-order valence-corrected chi connectivity index (χ0v) is 19.3. The Morgan fingerprint density at radius 2 is 1.83 bits per heavy atom. The lowest BCUT2D eigenvalue weighted by Crippen LogP contribution is -2.29. The molecule has 35 heavy (non-hydrogen) atoms. The molecule has 4 aromatic rings. The van der Waals surface area contributed by atoms with Crippen molar-refractivity contribution in [3.63, 3.8) is 0 Å². The number of benzene rings is 2. The lowest BCUT2D eigenvalue weighted by atomic mass is 10.3. The highest BCUT2D eigenvalue weighted by molar-refractivity contribution is 7.89. The largest absolute Gasteiger partial charge is 0.324 e. The van der Waals surface area contributed by atoms with E-state index in [2.05, 4.69) is 15.4 Å². The third-order valence-corrected chi connectivity index (χ3v) is 7.65. The molecule has 5 rings (SSSR count). The van der Waals surface area contributed by atoms with Gasteiger partial charge in [-0.25, -0.2) is 22.5 Å². The molecule has 1 N–H and O–H groups in total. The number of rotatable bonds is 6. The number of fused-ring (bicyclic) bond motifs is 1. The average Bonchev–Trinajstić information content (AvgIpc) is 3.53. The first-order chi connectivity index (χ1) is 16.8. The predicted molar refractivity (Wildman–Crippen MR) is 126 cm³/mol. The van der Waals surface area contributed by atoms with E-state index in [9.17, 15) is 22.4 Å². The van der Waals surface area contributed by atoms with E-state index in [-0.39, 0.29) is 22.5 Å². The summed E-state index contributed by atoms with van der Waals surface area (Å²) < 4.78 is 42.8. The standard InChI is InChI=1S/C23H21FN6O4S/c24-16-6-8-18(9-7-16)30-22-20(13-26-30)23(32)28(15-25-22)14-21(31)27-17-4-3-5-19(12-17)35(33,34)29-10-1-2-11-29/h3-9,12-13,15H,1-2,10-11,14H2,(H,27,31). The Kier molecular flexibility index (Phi) is 5.91. The van der Waals surface area contributed by atoms with Crippen LogP contribution in [0.25, 0.3) is 16.7 Å². The van der Waals surface area contributed by atoms with Crippen molar-refractivity contribution < 1.29 is 17.6 Å². The van der Waals surface area contributed by atoms with Crippen LogP contribution >= 0.6 is 0 Å². The maximum atomic E-state index is 13.2. The van der Waals surface area contributed by atoms with Gasteiger partial charge in [0.15, 0.2) is 5.65 Å². The number of nitrogens with zero attached hydrogens (tertiary/aromatic N) is 5. The Morgan fingerprint density at radius 3 is 2.57 bits per heavy atom. The van der Waals surface area contributed by atoms with Crippen LogP contribution < -0.4 is 10.9 Å². The number of halogens is 1. The van der Waals surface area contributed by atoms with E-state index in [0.717, 1.165) is 17.4 Å². The second-order valence-electron chi connectivity index (χ2n) is 8.13. The van der Waals surface area contributed by atoms with Gasteiger partial charge in [-0.1, -0.05) is 6.07 Å². The number of nitrogens with one attached hydrogen (secondary N) is 1. The van der Waals surface area contributed by atoms with Gasteiger partial charge in [0.25, 0.3) is 5.56 Å². The molecule has 3 heterocycles. The summed E-state index contributed by atoms with van der Waals surface area (Å²) in [7, 11) is -3.62. The van der Waals surface area contributed by atoms with Crippen molar-refractivity contribution in [2.45, 2.75) is 24.3 Å². The van der Waals surface area contributed by atoms with E-state index >= 15 is 0 Å². The van der Waals surface area contributed by atoms with Crippen molar-refractivity contribution >= 4 is 32.7 Å². The Bertz CT molecular complexity index is 1570. The minimum Gasteiger partial charge on any atom is -0.324 e. The lowest BCUT2D eigenvalue weighted by molar-refractivity contribution is -0.116. The van der Waals surface area contributed by atoms with Gasteiger partial charge in [-0.3, -0.25) is 14.2 Å². The fraction of sp³-hybridized carbons (Fsp3) is 0.217. The van der Waals surface area contributed by atoms with Gasteiger partial charge in [0.2, 0.25) is 15.9 Å².